The normalized spacial score (nSPS) is 15.1. The molecule has 0 unspecified atom stereocenters. The Balaban J connectivity index is 1.49. The molecule has 1 heterocycles. The molecule has 1 amide bonds. The van der Waals surface area contributed by atoms with E-state index in [2.05, 4.69) is 11.0 Å². The molecule has 1 aliphatic heterocycles. The number of phenols is 1. The summed E-state index contributed by atoms with van der Waals surface area (Å²) < 4.78 is 0. The first-order chi connectivity index (χ1) is 13.2. The summed E-state index contributed by atoms with van der Waals surface area (Å²) in [7, 11) is 0. The molecule has 1 N–H and O–H groups in total. The molecule has 1 saturated heterocycles. The number of aromatic hydroxyl groups is 1. The molecule has 0 radical (unpaired) electrons. The SMILES string of the molecule is N#Cc1ccc(CN2CCCN(C(=O)CCc3ccccc3O)CC2)cc1. The van der Waals surface area contributed by atoms with Gasteiger partial charge in [-0.2, -0.15) is 5.26 Å². The first-order valence-corrected chi connectivity index (χ1v) is 9.42. The zero-order valence-corrected chi connectivity index (χ0v) is 15.5. The molecule has 2 aromatic carbocycles. The van der Waals surface area contributed by atoms with E-state index in [-0.39, 0.29) is 11.7 Å². The molecular formula is C22H25N3O2. The van der Waals surface area contributed by atoms with Crippen LogP contribution in [0.4, 0.5) is 0 Å². The molecule has 1 fully saturated rings. The maximum atomic E-state index is 12.6. The van der Waals surface area contributed by atoms with Crippen molar-refractivity contribution in [3.63, 3.8) is 0 Å². The number of hydrogen-bond donors (Lipinski definition) is 1. The van der Waals surface area contributed by atoms with Crippen LogP contribution in [0.1, 0.15) is 29.5 Å². The highest BCUT2D eigenvalue weighted by atomic mass is 16.3. The van der Waals surface area contributed by atoms with E-state index < -0.39 is 0 Å². The number of benzene rings is 2. The first kappa shape index (κ1) is 18.9. The molecule has 0 atom stereocenters. The molecule has 1 aliphatic rings. The highest BCUT2D eigenvalue weighted by Gasteiger charge is 2.19. The topological polar surface area (TPSA) is 67.6 Å². The Morgan fingerprint density at radius 3 is 2.56 bits per heavy atom. The lowest BCUT2D eigenvalue weighted by Gasteiger charge is -2.22. The molecule has 0 aromatic heterocycles. The summed E-state index contributed by atoms with van der Waals surface area (Å²) in [6.07, 6.45) is 1.95. The van der Waals surface area contributed by atoms with Gasteiger partial charge in [0.25, 0.3) is 0 Å². The van der Waals surface area contributed by atoms with E-state index in [9.17, 15) is 9.90 Å². The standard InChI is InChI=1S/C22H25N3O2/c23-16-18-6-8-19(9-7-18)17-24-12-3-13-25(15-14-24)22(27)11-10-20-4-1-2-5-21(20)26/h1-2,4-9,26H,3,10-15,17H2. The molecule has 140 valence electrons. The van der Waals surface area contributed by atoms with Crippen LogP contribution in [-0.4, -0.2) is 47.0 Å². The first-order valence-electron chi connectivity index (χ1n) is 9.42. The lowest BCUT2D eigenvalue weighted by atomic mass is 10.1. The van der Waals surface area contributed by atoms with E-state index in [4.69, 9.17) is 5.26 Å². The van der Waals surface area contributed by atoms with E-state index in [1.54, 1.807) is 12.1 Å². The minimum atomic E-state index is 0.151. The lowest BCUT2D eigenvalue weighted by molar-refractivity contribution is -0.131. The van der Waals surface area contributed by atoms with Gasteiger partial charge in [0.1, 0.15) is 5.75 Å². The average Bonchev–Trinajstić information content (AvgIpc) is 2.93. The average molecular weight is 363 g/mol. The summed E-state index contributed by atoms with van der Waals surface area (Å²) >= 11 is 0. The molecule has 3 rings (SSSR count). The van der Waals surface area contributed by atoms with Crippen LogP contribution >= 0.6 is 0 Å². The summed E-state index contributed by atoms with van der Waals surface area (Å²) in [5.74, 6) is 0.410. The lowest BCUT2D eigenvalue weighted by Crippen LogP contribution is -2.35. The van der Waals surface area contributed by atoms with Gasteiger partial charge in [0.15, 0.2) is 0 Å². The second-order valence-electron chi connectivity index (χ2n) is 6.95. The Morgan fingerprint density at radius 1 is 1.04 bits per heavy atom. The molecule has 5 nitrogen and oxygen atoms in total. The van der Waals surface area contributed by atoms with E-state index in [1.165, 1.54) is 5.56 Å². The molecule has 0 saturated carbocycles. The van der Waals surface area contributed by atoms with Gasteiger partial charge in [0, 0.05) is 39.1 Å². The number of aryl methyl sites for hydroxylation is 1. The fraction of sp³-hybridized carbons (Fsp3) is 0.364. The summed E-state index contributed by atoms with van der Waals surface area (Å²) in [4.78, 5) is 16.9. The van der Waals surface area contributed by atoms with Crippen LogP contribution in [-0.2, 0) is 17.8 Å². The number of nitriles is 1. The van der Waals surface area contributed by atoms with Crippen molar-refractivity contribution in [1.82, 2.24) is 9.80 Å². The second kappa shape index (κ2) is 9.20. The van der Waals surface area contributed by atoms with Crippen molar-refractivity contribution < 1.29 is 9.90 Å². The van der Waals surface area contributed by atoms with Gasteiger partial charge in [-0.1, -0.05) is 30.3 Å². The number of phenolic OH excluding ortho intramolecular Hbond substituents is 1. The van der Waals surface area contributed by atoms with Gasteiger partial charge < -0.3 is 10.0 Å². The number of carbonyl (C=O) groups excluding carboxylic acids is 1. The third kappa shape index (κ3) is 5.32. The van der Waals surface area contributed by atoms with Gasteiger partial charge in [0.05, 0.1) is 11.6 Å². The quantitative estimate of drug-likeness (QED) is 0.887. The summed E-state index contributed by atoms with van der Waals surface area (Å²) in [6.45, 7) is 4.16. The predicted octanol–water partition coefficient (Wildman–Crippen LogP) is 2.93. The minimum Gasteiger partial charge on any atom is -0.508 e. The van der Waals surface area contributed by atoms with Gasteiger partial charge in [-0.25, -0.2) is 0 Å². The number of rotatable bonds is 5. The third-order valence-corrected chi connectivity index (χ3v) is 5.03. The Bertz CT molecular complexity index is 811. The van der Waals surface area contributed by atoms with Crippen LogP contribution in [0, 0.1) is 11.3 Å². The van der Waals surface area contributed by atoms with Crippen LogP contribution in [0.3, 0.4) is 0 Å². The van der Waals surface area contributed by atoms with Crippen molar-refractivity contribution in [2.75, 3.05) is 26.2 Å². The van der Waals surface area contributed by atoms with Crippen LogP contribution in [0.2, 0.25) is 0 Å². The van der Waals surface area contributed by atoms with Gasteiger partial charge in [0.2, 0.25) is 5.91 Å². The van der Waals surface area contributed by atoms with Crippen LogP contribution in [0.5, 0.6) is 5.75 Å². The van der Waals surface area contributed by atoms with Crippen molar-refractivity contribution in [2.24, 2.45) is 0 Å². The van der Waals surface area contributed by atoms with Gasteiger partial charge >= 0.3 is 0 Å². The highest BCUT2D eigenvalue weighted by molar-refractivity contribution is 5.76. The minimum absolute atomic E-state index is 0.151. The molecule has 2 aromatic rings. The smallest absolute Gasteiger partial charge is 0.222 e. The molecule has 0 bridgehead atoms. The molecule has 27 heavy (non-hydrogen) atoms. The van der Waals surface area contributed by atoms with Crippen LogP contribution < -0.4 is 0 Å². The van der Waals surface area contributed by atoms with Crippen LogP contribution in [0.25, 0.3) is 0 Å². The summed E-state index contributed by atoms with van der Waals surface area (Å²) in [5, 5.41) is 18.7. The van der Waals surface area contributed by atoms with Gasteiger partial charge in [-0.05, 0) is 42.2 Å². The van der Waals surface area contributed by atoms with E-state index >= 15 is 0 Å². The second-order valence-corrected chi connectivity index (χ2v) is 6.95. The van der Waals surface area contributed by atoms with E-state index in [0.29, 0.717) is 18.4 Å². The monoisotopic (exact) mass is 363 g/mol. The highest BCUT2D eigenvalue weighted by Crippen LogP contribution is 2.18. The van der Waals surface area contributed by atoms with Crippen molar-refractivity contribution in [1.29, 1.82) is 5.26 Å². The number of para-hydroxylation sites is 1. The zero-order valence-electron chi connectivity index (χ0n) is 15.5. The Hall–Kier alpha value is -2.84. The zero-order chi connectivity index (χ0) is 19.1. The van der Waals surface area contributed by atoms with Crippen molar-refractivity contribution in [2.45, 2.75) is 25.8 Å². The number of carbonyl (C=O) groups is 1. The Morgan fingerprint density at radius 2 is 1.81 bits per heavy atom. The van der Waals surface area contributed by atoms with Crippen LogP contribution in [0.15, 0.2) is 48.5 Å². The van der Waals surface area contributed by atoms with Crippen molar-refractivity contribution in [3.8, 4) is 11.8 Å². The fourth-order valence-corrected chi connectivity index (χ4v) is 3.44. The fourth-order valence-electron chi connectivity index (χ4n) is 3.44. The van der Waals surface area contributed by atoms with Gasteiger partial charge in [-0.3, -0.25) is 9.69 Å². The van der Waals surface area contributed by atoms with Gasteiger partial charge in [-0.15, -0.1) is 0 Å². The number of amides is 1. The maximum absolute atomic E-state index is 12.6. The number of hydrogen-bond acceptors (Lipinski definition) is 4. The van der Waals surface area contributed by atoms with Crippen molar-refractivity contribution >= 4 is 5.91 Å². The van der Waals surface area contributed by atoms with Crippen molar-refractivity contribution in [3.05, 3.63) is 65.2 Å². The van der Waals surface area contributed by atoms with E-state index in [1.807, 2.05) is 41.3 Å². The summed E-state index contributed by atoms with van der Waals surface area (Å²) in [6, 6.07) is 17.0. The molecule has 0 spiro atoms. The largest absolute Gasteiger partial charge is 0.508 e. The molecular weight excluding hydrogens is 338 g/mol. The third-order valence-electron chi connectivity index (χ3n) is 5.03. The Labute approximate surface area is 160 Å². The van der Waals surface area contributed by atoms with E-state index in [0.717, 1.165) is 44.7 Å². The maximum Gasteiger partial charge on any atom is 0.222 e. The Kier molecular flexibility index (Phi) is 6.45. The molecule has 0 aliphatic carbocycles. The molecule has 5 heteroatoms. The summed E-state index contributed by atoms with van der Waals surface area (Å²) in [5.41, 5.74) is 2.69. The number of nitrogens with zero attached hydrogens (tertiary/aromatic N) is 3. The predicted molar refractivity (Wildman–Crippen MR) is 104 cm³/mol.